The van der Waals surface area contributed by atoms with Gasteiger partial charge in [-0.05, 0) is 24.8 Å². The van der Waals surface area contributed by atoms with Crippen LogP contribution in [0, 0.1) is 5.92 Å². The van der Waals surface area contributed by atoms with Gasteiger partial charge in [0, 0.05) is 31.8 Å². The third-order valence-corrected chi connectivity index (χ3v) is 4.66. The first-order valence-corrected chi connectivity index (χ1v) is 8.11. The van der Waals surface area contributed by atoms with Gasteiger partial charge in [-0.15, -0.1) is 0 Å². The quantitative estimate of drug-likeness (QED) is 0.848. The number of rotatable bonds is 5. The minimum Gasteiger partial charge on any atom is -0.472 e. The molecule has 1 aliphatic carbocycles. The SMILES string of the molecule is Cn1cnc2c1C(COCC1CC1)CN(C(=O)c1ccoc1)C2. The molecule has 2 aliphatic rings. The Balaban J connectivity index is 1.51. The lowest BCUT2D eigenvalue weighted by Gasteiger charge is -2.32. The van der Waals surface area contributed by atoms with Crippen molar-refractivity contribution in [3.63, 3.8) is 0 Å². The number of carbonyl (C=O) groups is 1. The van der Waals surface area contributed by atoms with Gasteiger partial charge in [-0.25, -0.2) is 4.98 Å². The number of ether oxygens (including phenoxy) is 1. The molecule has 0 radical (unpaired) electrons. The zero-order valence-electron chi connectivity index (χ0n) is 13.3. The molecule has 4 rings (SSSR count). The maximum Gasteiger partial charge on any atom is 0.257 e. The van der Waals surface area contributed by atoms with Gasteiger partial charge in [0.15, 0.2) is 0 Å². The summed E-state index contributed by atoms with van der Waals surface area (Å²) < 4.78 is 13.0. The van der Waals surface area contributed by atoms with Crippen LogP contribution in [0.5, 0.6) is 0 Å². The average molecular weight is 315 g/mol. The number of hydrogen-bond acceptors (Lipinski definition) is 4. The summed E-state index contributed by atoms with van der Waals surface area (Å²) in [6.45, 7) is 2.66. The molecule has 122 valence electrons. The predicted molar refractivity (Wildman–Crippen MR) is 82.9 cm³/mol. The van der Waals surface area contributed by atoms with Gasteiger partial charge in [0.2, 0.25) is 0 Å². The predicted octanol–water partition coefficient (Wildman–Crippen LogP) is 2.18. The van der Waals surface area contributed by atoms with E-state index in [1.165, 1.54) is 31.1 Å². The van der Waals surface area contributed by atoms with Gasteiger partial charge in [0.25, 0.3) is 5.91 Å². The molecule has 6 heteroatoms. The fraction of sp³-hybridized carbons (Fsp3) is 0.529. The molecule has 2 aromatic rings. The largest absolute Gasteiger partial charge is 0.472 e. The van der Waals surface area contributed by atoms with E-state index in [0.717, 1.165) is 18.2 Å². The van der Waals surface area contributed by atoms with Gasteiger partial charge in [-0.1, -0.05) is 0 Å². The van der Waals surface area contributed by atoms with Gasteiger partial charge in [-0.2, -0.15) is 0 Å². The number of hydrogen-bond donors (Lipinski definition) is 0. The summed E-state index contributed by atoms with van der Waals surface area (Å²) in [5.74, 6) is 0.899. The highest BCUT2D eigenvalue weighted by Crippen LogP contribution is 2.31. The molecule has 1 atom stereocenters. The Morgan fingerprint density at radius 1 is 1.43 bits per heavy atom. The van der Waals surface area contributed by atoms with E-state index in [-0.39, 0.29) is 11.8 Å². The van der Waals surface area contributed by atoms with Crippen molar-refractivity contribution in [3.05, 3.63) is 41.9 Å². The van der Waals surface area contributed by atoms with E-state index in [4.69, 9.17) is 9.15 Å². The highest BCUT2D eigenvalue weighted by molar-refractivity contribution is 5.94. The third kappa shape index (κ3) is 2.91. The fourth-order valence-electron chi connectivity index (χ4n) is 3.25. The van der Waals surface area contributed by atoms with Crippen molar-refractivity contribution < 1.29 is 13.9 Å². The Morgan fingerprint density at radius 3 is 3.04 bits per heavy atom. The van der Waals surface area contributed by atoms with Crippen LogP contribution < -0.4 is 0 Å². The Morgan fingerprint density at radius 2 is 2.30 bits per heavy atom. The maximum absolute atomic E-state index is 12.6. The number of imidazole rings is 1. The topological polar surface area (TPSA) is 60.5 Å². The van der Waals surface area contributed by atoms with Gasteiger partial charge in [0.05, 0.1) is 37.0 Å². The summed E-state index contributed by atoms with van der Waals surface area (Å²) in [5, 5.41) is 0. The van der Waals surface area contributed by atoms with Crippen molar-refractivity contribution in [1.29, 1.82) is 0 Å². The average Bonchev–Trinajstić information content (AvgIpc) is 3.07. The third-order valence-electron chi connectivity index (χ3n) is 4.66. The fourth-order valence-corrected chi connectivity index (χ4v) is 3.25. The van der Waals surface area contributed by atoms with Crippen molar-refractivity contribution in [1.82, 2.24) is 14.5 Å². The van der Waals surface area contributed by atoms with E-state index in [1.807, 2.05) is 18.3 Å². The van der Waals surface area contributed by atoms with Crippen LogP contribution in [-0.2, 0) is 18.3 Å². The second kappa shape index (κ2) is 5.85. The molecule has 1 amide bonds. The number of furan rings is 1. The van der Waals surface area contributed by atoms with Crippen LogP contribution in [0.15, 0.2) is 29.3 Å². The molecule has 0 saturated heterocycles. The van der Waals surface area contributed by atoms with E-state index in [9.17, 15) is 4.79 Å². The van der Waals surface area contributed by atoms with Gasteiger partial charge in [0.1, 0.15) is 6.26 Å². The summed E-state index contributed by atoms with van der Waals surface area (Å²) in [7, 11) is 2.01. The standard InChI is InChI=1S/C17H21N3O3/c1-19-11-18-15-7-20(17(21)13-4-5-22-9-13)6-14(16(15)19)10-23-8-12-2-3-12/h4-5,9,11-12,14H,2-3,6-8,10H2,1H3. The molecular formula is C17H21N3O3. The summed E-state index contributed by atoms with van der Waals surface area (Å²) >= 11 is 0. The number of nitrogens with zero attached hydrogens (tertiary/aromatic N) is 3. The van der Waals surface area contributed by atoms with E-state index in [0.29, 0.717) is 25.3 Å². The van der Waals surface area contributed by atoms with E-state index < -0.39 is 0 Å². The Labute approximate surface area is 135 Å². The molecule has 0 bridgehead atoms. The normalized spacial score (nSPS) is 20.6. The second-order valence-electron chi connectivity index (χ2n) is 6.56. The number of aryl methyl sites for hydroxylation is 1. The smallest absolute Gasteiger partial charge is 0.257 e. The maximum atomic E-state index is 12.6. The zero-order chi connectivity index (χ0) is 15.8. The molecule has 1 aliphatic heterocycles. The van der Waals surface area contributed by atoms with Crippen LogP contribution in [0.3, 0.4) is 0 Å². The van der Waals surface area contributed by atoms with Crippen molar-refractivity contribution in [2.75, 3.05) is 19.8 Å². The van der Waals surface area contributed by atoms with Crippen molar-refractivity contribution in [3.8, 4) is 0 Å². The lowest BCUT2D eigenvalue weighted by atomic mass is 9.98. The number of fused-ring (bicyclic) bond motifs is 1. The summed E-state index contributed by atoms with van der Waals surface area (Å²) in [5.41, 5.74) is 2.75. The van der Waals surface area contributed by atoms with E-state index in [1.54, 1.807) is 6.07 Å². The molecule has 2 aromatic heterocycles. The number of aromatic nitrogens is 2. The number of amides is 1. The number of carbonyl (C=O) groups excluding carboxylic acids is 1. The second-order valence-corrected chi connectivity index (χ2v) is 6.56. The zero-order valence-corrected chi connectivity index (χ0v) is 13.3. The van der Waals surface area contributed by atoms with Gasteiger partial charge >= 0.3 is 0 Å². The monoisotopic (exact) mass is 315 g/mol. The molecule has 3 heterocycles. The summed E-state index contributed by atoms with van der Waals surface area (Å²) in [4.78, 5) is 18.9. The Kier molecular flexibility index (Phi) is 3.69. The minimum atomic E-state index is -0.0118. The molecule has 1 fully saturated rings. The van der Waals surface area contributed by atoms with Crippen LogP contribution in [0.1, 0.15) is 40.5 Å². The highest BCUT2D eigenvalue weighted by Gasteiger charge is 2.32. The van der Waals surface area contributed by atoms with E-state index in [2.05, 4.69) is 9.55 Å². The van der Waals surface area contributed by atoms with Crippen LogP contribution in [0.4, 0.5) is 0 Å². The Bertz CT molecular complexity index is 688. The van der Waals surface area contributed by atoms with Crippen LogP contribution >= 0.6 is 0 Å². The van der Waals surface area contributed by atoms with Gasteiger partial charge < -0.3 is 18.6 Å². The van der Waals surface area contributed by atoms with Gasteiger partial charge in [-0.3, -0.25) is 4.79 Å². The van der Waals surface area contributed by atoms with Crippen molar-refractivity contribution in [2.45, 2.75) is 25.3 Å². The first kappa shape index (κ1) is 14.5. The molecule has 1 saturated carbocycles. The summed E-state index contributed by atoms with van der Waals surface area (Å²) in [6, 6.07) is 1.70. The van der Waals surface area contributed by atoms with Crippen LogP contribution in [0.2, 0.25) is 0 Å². The van der Waals surface area contributed by atoms with Crippen molar-refractivity contribution in [2.24, 2.45) is 13.0 Å². The molecule has 0 aromatic carbocycles. The van der Waals surface area contributed by atoms with Crippen LogP contribution in [-0.4, -0.2) is 40.1 Å². The molecule has 6 nitrogen and oxygen atoms in total. The molecule has 0 spiro atoms. The first-order valence-electron chi connectivity index (χ1n) is 8.11. The minimum absolute atomic E-state index is 0.0118. The molecule has 0 N–H and O–H groups in total. The lowest BCUT2D eigenvalue weighted by molar-refractivity contribution is 0.0618. The molecule has 1 unspecified atom stereocenters. The molecular weight excluding hydrogens is 294 g/mol. The summed E-state index contributed by atoms with van der Waals surface area (Å²) in [6.07, 6.45) is 7.41. The first-order chi connectivity index (χ1) is 11.2. The highest BCUT2D eigenvalue weighted by atomic mass is 16.5. The van der Waals surface area contributed by atoms with Crippen LogP contribution in [0.25, 0.3) is 0 Å². The van der Waals surface area contributed by atoms with Crippen molar-refractivity contribution >= 4 is 5.91 Å². The lowest BCUT2D eigenvalue weighted by Crippen LogP contribution is -2.40. The Hall–Kier alpha value is -2.08. The van der Waals surface area contributed by atoms with E-state index >= 15 is 0 Å². The molecule has 23 heavy (non-hydrogen) atoms.